The van der Waals surface area contributed by atoms with E-state index in [2.05, 4.69) is 0 Å². The van der Waals surface area contributed by atoms with E-state index in [0.717, 1.165) is 18.2 Å². The Morgan fingerprint density at radius 2 is 1.69 bits per heavy atom. The van der Waals surface area contributed by atoms with Crippen LogP contribution < -0.4 is 10.3 Å². The molecule has 0 N–H and O–H groups in total. The molecule has 1 atom stereocenters. The molecule has 190 valence electrons. The number of carbonyl (C=O) groups excluding carboxylic acids is 1. The number of hydrogen-bond donors (Lipinski definition) is 0. The van der Waals surface area contributed by atoms with Gasteiger partial charge in [0.1, 0.15) is 28.8 Å². The summed E-state index contributed by atoms with van der Waals surface area (Å²) in [7, 11) is 1.36. The van der Waals surface area contributed by atoms with E-state index in [0.29, 0.717) is 23.7 Å². The fourth-order valence-corrected chi connectivity index (χ4v) is 4.46. The maximum absolute atomic E-state index is 15.3. The highest BCUT2D eigenvalue weighted by molar-refractivity contribution is 5.71. The second-order valence-corrected chi connectivity index (χ2v) is 9.67. The SMILES string of the molecule is COc1cc(-c2cc(F)cc(F)c2)c(F)cc1-n1c2c(ccc1=O)C(C)N(C(=O)OC(C)(C)C)CC2. The monoisotopic (exact) mass is 500 g/mol. The Bertz CT molecular complexity index is 1370. The highest BCUT2D eigenvalue weighted by atomic mass is 19.1. The zero-order valence-corrected chi connectivity index (χ0v) is 20.7. The van der Waals surface area contributed by atoms with Crippen LogP contribution in [0.1, 0.15) is 45.0 Å². The lowest BCUT2D eigenvalue weighted by Gasteiger charge is -2.37. The highest BCUT2D eigenvalue weighted by Gasteiger charge is 2.33. The van der Waals surface area contributed by atoms with Crippen LogP contribution in [0.25, 0.3) is 16.8 Å². The van der Waals surface area contributed by atoms with Crippen LogP contribution in [0.5, 0.6) is 5.75 Å². The van der Waals surface area contributed by atoms with Crippen molar-refractivity contribution in [2.45, 2.75) is 45.8 Å². The van der Waals surface area contributed by atoms with E-state index in [9.17, 15) is 18.4 Å². The molecule has 1 aliphatic heterocycles. The number of benzene rings is 2. The van der Waals surface area contributed by atoms with Gasteiger partial charge in [-0.15, -0.1) is 0 Å². The molecule has 0 bridgehead atoms. The summed E-state index contributed by atoms with van der Waals surface area (Å²) >= 11 is 0. The van der Waals surface area contributed by atoms with Crippen molar-refractivity contribution in [1.29, 1.82) is 0 Å². The van der Waals surface area contributed by atoms with E-state index in [4.69, 9.17) is 9.47 Å². The number of fused-ring (bicyclic) bond motifs is 1. The molecular weight excluding hydrogens is 473 g/mol. The van der Waals surface area contributed by atoms with Gasteiger partial charge in [-0.25, -0.2) is 18.0 Å². The number of methoxy groups -OCH3 is 1. The van der Waals surface area contributed by atoms with Gasteiger partial charge in [-0.1, -0.05) is 0 Å². The van der Waals surface area contributed by atoms with Crippen molar-refractivity contribution >= 4 is 6.09 Å². The Labute approximate surface area is 206 Å². The summed E-state index contributed by atoms with van der Waals surface area (Å²) in [6, 6.07) is 7.76. The van der Waals surface area contributed by atoms with Crippen molar-refractivity contribution in [3.05, 3.63) is 81.5 Å². The van der Waals surface area contributed by atoms with Crippen molar-refractivity contribution < 1.29 is 27.4 Å². The minimum atomic E-state index is -0.843. The summed E-state index contributed by atoms with van der Waals surface area (Å²) in [4.78, 5) is 27.3. The minimum absolute atomic E-state index is 0.00101. The molecule has 0 aliphatic carbocycles. The summed E-state index contributed by atoms with van der Waals surface area (Å²) in [6.07, 6.45) is -0.148. The van der Waals surface area contributed by atoms with Gasteiger partial charge in [0.25, 0.3) is 5.56 Å². The lowest BCUT2D eigenvalue weighted by atomic mass is 9.97. The van der Waals surface area contributed by atoms with Crippen LogP contribution in [0.3, 0.4) is 0 Å². The number of pyridine rings is 1. The molecule has 1 aromatic heterocycles. The van der Waals surface area contributed by atoms with Crippen molar-refractivity contribution in [2.24, 2.45) is 0 Å². The van der Waals surface area contributed by atoms with Crippen molar-refractivity contribution in [1.82, 2.24) is 9.47 Å². The van der Waals surface area contributed by atoms with Crippen molar-refractivity contribution in [3.63, 3.8) is 0 Å². The second-order valence-electron chi connectivity index (χ2n) is 9.67. The van der Waals surface area contributed by atoms with Gasteiger partial charge in [0.15, 0.2) is 0 Å². The maximum Gasteiger partial charge on any atom is 0.410 e. The lowest BCUT2D eigenvalue weighted by molar-refractivity contribution is 0.0157. The van der Waals surface area contributed by atoms with Gasteiger partial charge in [0, 0.05) is 42.4 Å². The number of hydrogen-bond acceptors (Lipinski definition) is 4. The maximum atomic E-state index is 15.3. The molecule has 0 spiro atoms. The fourth-order valence-electron chi connectivity index (χ4n) is 4.46. The van der Waals surface area contributed by atoms with Crippen molar-refractivity contribution in [3.8, 4) is 22.6 Å². The van der Waals surface area contributed by atoms with Crippen LogP contribution >= 0.6 is 0 Å². The molecule has 36 heavy (non-hydrogen) atoms. The molecule has 9 heteroatoms. The van der Waals surface area contributed by atoms with Gasteiger partial charge in [-0.2, -0.15) is 0 Å². The number of carbonyl (C=O) groups is 1. The molecule has 0 fully saturated rings. The van der Waals surface area contributed by atoms with Crippen molar-refractivity contribution in [2.75, 3.05) is 13.7 Å². The van der Waals surface area contributed by atoms with Crippen LogP contribution in [0.4, 0.5) is 18.0 Å². The first-order chi connectivity index (χ1) is 16.9. The molecule has 2 aromatic carbocycles. The molecule has 1 aliphatic rings. The molecule has 1 amide bonds. The third-order valence-corrected chi connectivity index (χ3v) is 6.05. The number of rotatable bonds is 3. The normalized spacial score (nSPS) is 15.4. The first kappa shape index (κ1) is 25.3. The van der Waals surface area contributed by atoms with Gasteiger partial charge < -0.3 is 14.4 Å². The highest BCUT2D eigenvalue weighted by Crippen LogP contribution is 2.36. The van der Waals surface area contributed by atoms with Crippen LogP contribution in [-0.4, -0.2) is 34.8 Å². The molecule has 1 unspecified atom stereocenters. The Balaban J connectivity index is 1.81. The standard InChI is InChI=1S/C27H27F3N2O4/c1-15-19-6-7-25(33)32(22(19)8-9-31(15)26(34)36-27(2,3)4)23-14-21(30)20(13-24(23)35-5)16-10-17(28)12-18(29)11-16/h6-7,10-15H,8-9H2,1-5H3. The van der Waals surface area contributed by atoms with Gasteiger partial charge in [0.2, 0.25) is 0 Å². The van der Waals surface area contributed by atoms with E-state index in [1.165, 1.54) is 23.8 Å². The molecular formula is C27H27F3N2O4. The van der Waals surface area contributed by atoms with E-state index in [1.807, 2.05) is 6.92 Å². The van der Waals surface area contributed by atoms with Crippen LogP contribution in [0, 0.1) is 17.5 Å². The Kier molecular flexibility index (Phi) is 6.60. The molecule has 2 heterocycles. The Hall–Kier alpha value is -3.75. The lowest BCUT2D eigenvalue weighted by Crippen LogP contribution is -2.43. The van der Waals surface area contributed by atoms with E-state index < -0.39 is 40.7 Å². The van der Waals surface area contributed by atoms with Crippen LogP contribution in [0.2, 0.25) is 0 Å². The first-order valence-corrected chi connectivity index (χ1v) is 11.5. The van der Waals surface area contributed by atoms with E-state index >= 15 is 4.39 Å². The summed E-state index contributed by atoms with van der Waals surface area (Å²) in [6.45, 7) is 7.48. The largest absolute Gasteiger partial charge is 0.495 e. The average molecular weight is 501 g/mol. The predicted octanol–water partition coefficient (Wildman–Crippen LogP) is 5.78. The number of nitrogens with zero attached hydrogens (tertiary/aromatic N) is 2. The van der Waals surface area contributed by atoms with E-state index in [1.54, 1.807) is 31.7 Å². The van der Waals surface area contributed by atoms with Gasteiger partial charge in [-0.3, -0.25) is 9.36 Å². The van der Waals surface area contributed by atoms with Gasteiger partial charge >= 0.3 is 6.09 Å². The van der Waals surface area contributed by atoms with Crippen LogP contribution in [-0.2, 0) is 11.2 Å². The molecule has 0 saturated heterocycles. The third kappa shape index (κ3) is 4.82. The summed E-state index contributed by atoms with van der Waals surface area (Å²) in [5.74, 6) is -2.32. The van der Waals surface area contributed by atoms with Gasteiger partial charge in [0.05, 0.1) is 18.8 Å². The summed E-state index contributed by atoms with van der Waals surface area (Å²) < 4.78 is 55.1. The zero-order chi connectivity index (χ0) is 26.4. The molecule has 0 saturated carbocycles. The van der Waals surface area contributed by atoms with E-state index in [-0.39, 0.29) is 29.1 Å². The number of aromatic nitrogens is 1. The average Bonchev–Trinajstić information content (AvgIpc) is 2.77. The second kappa shape index (κ2) is 9.37. The minimum Gasteiger partial charge on any atom is -0.495 e. The number of ether oxygens (including phenoxy) is 2. The third-order valence-electron chi connectivity index (χ3n) is 6.05. The smallest absolute Gasteiger partial charge is 0.410 e. The molecule has 6 nitrogen and oxygen atoms in total. The molecule has 4 rings (SSSR count). The molecule has 0 radical (unpaired) electrons. The first-order valence-electron chi connectivity index (χ1n) is 11.5. The molecule has 3 aromatic rings. The number of halogens is 3. The fraction of sp³-hybridized carbons (Fsp3) is 0.333. The summed E-state index contributed by atoms with van der Waals surface area (Å²) in [5.41, 5.74) is 0.328. The zero-order valence-electron chi connectivity index (χ0n) is 20.7. The summed E-state index contributed by atoms with van der Waals surface area (Å²) in [5, 5.41) is 0. The van der Waals surface area contributed by atoms with Gasteiger partial charge in [-0.05, 0) is 63.1 Å². The Morgan fingerprint density at radius 3 is 2.31 bits per heavy atom. The number of amides is 1. The Morgan fingerprint density at radius 1 is 1.03 bits per heavy atom. The quantitative estimate of drug-likeness (QED) is 0.457. The predicted molar refractivity (Wildman–Crippen MR) is 129 cm³/mol. The van der Waals surface area contributed by atoms with Crippen LogP contribution in [0.15, 0.2) is 47.3 Å². The topological polar surface area (TPSA) is 60.8 Å².